The van der Waals surface area contributed by atoms with Crippen molar-refractivity contribution < 1.29 is 49.1 Å². The van der Waals surface area contributed by atoms with E-state index in [1.807, 2.05) is 6.92 Å². The average Bonchev–Trinajstić information content (AvgIpc) is 3.22. The summed E-state index contributed by atoms with van der Waals surface area (Å²) >= 11 is 0. The lowest BCUT2D eigenvalue weighted by atomic mass is 9.84. The van der Waals surface area contributed by atoms with E-state index in [-0.39, 0.29) is 23.5 Å². The van der Waals surface area contributed by atoms with Gasteiger partial charge in [-0.15, -0.1) is 0 Å². The van der Waals surface area contributed by atoms with Crippen LogP contribution in [-0.2, 0) is 28.7 Å². The number of carbonyl (C=O) groups excluding carboxylic acids is 3. The number of ketones is 1. The van der Waals surface area contributed by atoms with E-state index in [0.29, 0.717) is 29.7 Å². The fourth-order valence-corrected chi connectivity index (χ4v) is 5.80. The van der Waals surface area contributed by atoms with Gasteiger partial charge in [0.25, 0.3) is 0 Å². The normalized spacial score (nSPS) is 20.0. The van der Waals surface area contributed by atoms with Crippen LogP contribution in [0.4, 0.5) is 0 Å². The molecule has 46 heavy (non-hydrogen) atoms. The summed E-state index contributed by atoms with van der Waals surface area (Å²) in [5.41, 5.74) is 1.33. The topological polar surface area (TPSA) is 168 Å². The molecule has 0 aromatic heterocycles. The Balaban J connectivity index is 2.52. The van der Waals surface area contributed by atoms with Gasteiger partial charge in [0.1, 0.15) is 17.6 Å². The summed E-state index contributed by atoms with van der Waals surface area (Å²) in [5, 5.41) is 40.7. The molecule has 260 valence electrons. The maximum Gasteiger partial charge on any atom is 0.342 e. The van der Waals surface area contributed by atoms with Gasteiger partial charge in [-0.2, -0.15) is 0 Å². The molecule has 10 heteroatoms. The number of esters is 2. The molecule has 4 N–H and O–H groups in total. The van der Waals surface area contributed by atoms with Gasteiger partial charge in [-0.3, -0.25) is 9.59 Å². The number of hydrogen-bond acceptors (Lipinski definition) is 9. The molecule has 0 fully saturated rings. The molecular formula is C36H56O10. The highest BCUT2D eigenvalue weighted by atomic mass is 16.5. The monoisotopic (exact) mass is 648 g/mol. The number of carboxylic acid groups (broad SMARTS) is 1. The van der Waals surface area contributed by atoms with E-state index in [4.69, 9.17) is 14.6 Å². The Bertz CT molecular complexity index is 1170. The van der Waals surface area contributed by atoms with Crippen LogP contribution in [0, 0.1) is 29.6 Å². The van der Waals surface area contributed by atoms with Gasteiger partial charge in [-0.1, -0.05) is 65.8 Å². The van der Waals surface area contributed by atoms with Crippen LogP contribution in [0.1, 0.15) is 100 Å². The van der Waals surface area contributed by atoms with Crippen LogP contribution >= 0.6 is 0 Å². The summed E-state index contributed by atoms with van der Waals surface area (Å²) in [4.78, 5) is 48.0. The Kier molecular flexibility index (Phi) is 17.4. The van der Waals surface area contributed by atoms with Crippen molar-refractivity contribution in [3.63, 3.8) is 0 Å². The number of carbonyl (C=O) groups is 4. The van der Waals surface area contributed by atoms with Crippen molar-refractivity contribution in [1.29, 1.82) is 0 Å². The number of ether oxygens (including phenoxy) is 2. The first-order valence-corrected chi connectivity index (χ1v) is 16.4. The highest BCUT2D eigenvalue weighted by Gasteiger charge is 2.34. The molecule has 0 radical (unpaired) electrons. The summed E-state index contributed by atoms with van der Waals surface area (Å²) in [6.07, 6.45) is 3.95. The standard InChI is InChI=1S/C36H56O10/c1-10-28(12-14-33(41)42)17-22(4)16-21(3)15-20(2)11-13-29(37)25(7)31(39)18-30(38)23(5)26(8)45-34(43)19-32(40)35-24(6)27(9)46-36(35)44/h12,14,17,20-23,25-26,29-30,32,37-38,40H,9-11,13,15-16,18-19H2,1-8H3,(H,41,42)/b14-12+,28-17+/t20-,21+,22?,23+,25-,26?,29?,30+,32+/m0/s1. The third-order valence-electron chi connectivity index (χ3n) is 8.99. The molecule has 0 amide bonds. The number of aliphatic carboxylic acids is 1. The van der Waals surface area contributed by atoms with E-state index >= 15 is 0 Å². The number of aliphatic hydroxyl groups excluding tert-OH is 3. The van der Waals surface area contributed by atoms with Crippen LogP contribution in [0.2, 0.25) is 0 Å². The maximum atomic E-state index is 12.9. The minimum absolute atomic E-state index is 0.0399. The van der Waals surface area contributed by atoms with E-state index < -0.39 is 60.6 Å². The van der Waals surface area contributed by atoms with E-state index in [1.165, 1.54) is 0 Å². The van der Waals surface area contributed by atoms with Crippen LogP contribution in [0.15, 0.2) is 47.3 Å². The zero-order chi connectivity index (χ0) is 35.3. The molecule has 0 saturated carbocycles. The highest BCUT2D eigenvalue weighted by Crippen LogP contribution is 2.29. The van der Waals surface area contributed by atoms with Gasteiger partial charge >= 0.3 is 17.9 Å². The van der Waals surface area contributed by atoms with Crippen LogP contribution in [-0.4, -0.2) is 68.5 Å². The Morgan fingerprint density at radius 1 is 0.913 bits per heavy atom. The molecule has 3 unspecified atom stereocenters. The molecule has 0 bridgehead atoms. The number of rotatable bonds is 21. The van der Waals surface area contributed by atoms with E-state index in [0.717, 1.165) is 37.3 Å². The summed E-state index contributed by atoms with van der Waals surface area (Å²) in [6, 6.07) is 0. The molecular weight excluding hydrogens is 592 g/mol. The van der Waals surface area contributed by atoms with Gasteiger partial charge in [0.05, 0.1) is 30.3 Å². The second-order valence-electron chi connectivity index (χ2n) is 13.2. The van der Waals surface area contributed by atoms with Gasteiger partial charge in [0.15, 0.2) is 0 Å². The van der Waals surface area contributed by atoms with E-state index in [9.17, 15) is 34.5 Å². The Labute approximate surface area is 274 Å². The number of Topliss-reactive ketones (excluding diaryl/α,β-unsaturated/α-hetero) is 1. The van der Waals surface area contributed by atoms with Crippen molar-refractivity contribution in [3.8, 4) is 0 Å². The Hall–Kier alpha value is -3.08. The van der Waals surface area contributed by atoms with Crippen LogP contribution < -0.4 is 0 Å². The molecule has 0 aromatic rings. The van der Waals surface area contributed by atoms with E-state index in [1.54, 1.807) is 33.8 Å². The summed E-state index contributed by atoms with van der Waals surface area (Å²) in [5.74, 6) is -2.87. The third kappa shape index (κ3) is 13.7. The van der Waals surface area contributed by atoms with Crippen molar-refractivity contribution in [3.05, 3.63) is 47.3 Å². The minimum Gasteiger partial charge on any atom is -0.478 e. The second kappa shape index (κ2) is 19.6. The minimum atomic E-state index is -1.42. The number of carboxylic acids is 1. The first-order valence-electron chi connectivity index (χ1n) is 16.4. The predicted octanol–water partition coefficient (Wildman–Crippen LogP) is 5.46. The van der Waals surface area contributed by atoms with Gasteiger partial charge in [-0.05, 0) is 63.7 Å². The highest BCUT2D eigenvalue weighted by molar-refractivity contribution is 5.96. The zero-order valence-electron chi connectivity index (χ0n) is 28.8. The van der Waals surface area contributed by atoms with Crippen molar-refractivity contribution in [2.75, 3.05) is 0 Å². The lowest BCUT2D eigenvalue weighted by Crippen LogP contribution is -2.36. The van der Waals surface area contributed by atoms with Crippen LogP contribution in [0.5, 0.6) is 0 Å². The van der Waals surface area contributed by atoms with Crippen LogP contribution in [0.3, 0.4) is 0 Å². The average molecular weight is 649 g/mol. The van der Waals surface area contributed by atoms with Crippen molar-refractivity contribution in [2.24, 2.45) is 29.6 Å². The summed E-state index contributed by atoms with van der Waals surface area (Å²) in [7, 11) is 0. The SMILES string of the molecule is C=C1OC(=O)C([C@H](O)CC(=O)OC(C)[C@@H](C)[C@H](O)CC(=O)[C@@H](C)C(O)CC[C@H](C)C[C@@H](C)CC(C)/C=C(/C=C/C(=O)O)CC)=C1C. The smallest absolute Gasteiger partial charge is 0.342 e. The van der Waals surface area contributed by atoms with Crippen LogP contribution in [0.25, 0.3) is 0 Å². The fraction of sp³-hybridized carbons (Fsp3) is 0.667. The predicted molar refractivity (Wildman–Crippen MR) is 175 cm³/mol. The lowest BCUT2D eigenvalue weighted by molar-refractivity contribution is -0.154. The van der Waals surface area contributed by atoms with Crippen molar-refractivity contribution in [1.82, 2.24) is 0 Å². The molecule has 0 saturated heterocycles. The number of cyclic esters (lactones) is 1. The van der Waals surface area contributed by atoms with E-state index in [2.05, 4.69) is 33.4 Å². The van der Waals surface area contributed by atoms with Gasteiger partial charge in [-0.25, -0.2) is 9.59 Å². The third-order valence-corrected chi connectivity index (χ3v) is 8.99. The Morgan fingerprint density at radius 2 is 1.54 bits per heavy atom. The second-order valence-corrected chi connectivity index (χ2v) is 13.2. The van der Waals surface area contributed by atoms with Gasteiger partial charge in [0.2, 0.25) is 0 Å². The largest absolute Gasteiger partial charge is 0.478 e. The van der Waals surface area contributed by atoms with Crippen molar-refractivity contribution >= 4 is 23.7 Å². The Morgan fingerprint density at radius 3 is 2.09 bits per heavy atom. The summed E-state index contributed by atoms with van der Waals surface area (Å²) < 4.78 is 10.2. The molecule has 1 rings (SSSR count). The first-order chi connectivity index (χ1) is 21.4. The fourth-order valence-electron chi connectivity index (χ4n) is 5.80. The van der Waals surface area contributed by atoms with Gasteiger partial charge < -0.3 is 29.9 Å². The zero-order valence-corrected chi connectivity index (χ0v) is 28.8. The molecule has 0 aliphatic carbocycles. The lowest BCUT2D eigenvalue weighted by Gasteiger charge is -2.27. The molecule has 1 heterocycles. The molecule has 0 aromatic carbocycles. The first kappa shape index (κ1) is 40.9. The maximum absolute atomic E-state index is 12.9. The molecule has 0 spiro atoms. The summed E-state index contributed by atoms with van der Waals surface area (Å²) in [6.45, 7) is 18.5. The molecule has 1 aliphatic heterocycles. The number of aliphatic hydroxyl groups is 3. The molecule has 9 atom stereocenters. The van der Waals surface area contributed by atoms with Crippen molar-refractivity contribution in [2.45, 2.75) is 125 Å². The quantitative estimate of drug-likeness (QED) is 0.0713. The van der Waals surface area contributed by atoms with Gasteiger partial charge in [0, 0.05) is 29.9 Å². The molecule has 1 aliphatic rings. The number of hydrogen-bond donors (Lipinski definition) is 4. The molecule has 10 nitrogen and oxygen atoms in total. The number of allylic oxidation sites excluding steroid dienone is 4.